The van der Waals surface area contributed by atoms with Crippen LogP contribution in [0.4, 0.5) is 13.2 Å². The summed E-state index contributed by atoms with van der Waals surface area (Å²) in [5.41, 5.74) is 1.56. The summed E-state index contributed by atoms with van der Waals surface area (Å²) >= 11 is 0.619. The fourth-order valence-corrected chi connectivity index (χ4v) is 3.77. The molecule has 0 radical (unpaired) electrons. The second-order valence-corrected chi connectivity index (χ2v) is 7.23. The van der Waals surface area contributed by atoms with Crippen LogP contribution in [0.3, 0.4) is 0 Å². The zero-order chi connectivity index (χ0) is 18.7. The minimum Gasteiger partial charge on any atom is -0.497 e. The Balaban J connectivity index is 1.61. The molecule has 8 heteroatoms. The lowest BCUT2D eigenvalue weighted by molar-refractivity contribution is -0.138. The number of aromatic nitrogens is 1. The number of nitrogens with zero attached hydrogens (tertiary/aromatic N) is 2. The van der Waals surface area contributed by atoms with Gasteiger partial charge >= 0.3 is 6.18 Å². The molecule has 1 aliphatic heterocycles. The van der Waals surface area contributed by atoms with Crippen molar-refractivity contribution in [3.63, 3.8) is 0 Å². The van der Waals surface area contributed by atoms with Gasteiger partial charge in [-0.1, -0.05) is 19.1 Å². The highest BCUT2D eigenvalue weighted by atomic mass is 32.1. The highest BCUT2D eigenvalue weighted by Crippen LogP contribution is 2.34. The van der Waals surface area contributed by atoms with Crippen molar-refractivity contribution in [1.29, 1.82) is 0 Å². The van der Waals surface area contributed by atoms with Crippen LogP contribution in [0.25, 0.3) is 0 Å². The summed E-state index contributed by atoms with van der Waals surface area (Å²) in [6.45, 7) is 4.73. The topological polar surface area (TPSA) is 34.6 Å². The summed E-state index contributed by atoms with van der Waals surface area (Å²) < 4.78 is 49.1. The predicted octanol–water partition coefficient (Wildman–Crippen LogP) is 4.35. The van der Waals surface area contributed by atoms with E-state index in [1.54, 1.807) is 7.11 Å². The molecule has 0 spiro atoms. The first-order valence-electron chi connectivity index (χ1n) is 8.37. The lowest BCUT2D eigenvalue weighted by atomic mass is 10.00. The molecule has 2 atom stereocenters. The molecule has 3 rings (SSSR count). The van der Waals surface area contributed by atoms with E-state index in [4.69, 9.17) is 9.47 Å². The summed E-state index contributed by atoms with van der Waals surface area (Å²) in [5, 5.41) is 0.629. The maximum absolute atomic E-state index is 12.7. The van der Waals surface area contributed by atoms with Gasteiger partial charge in [0, 0.05) is 25.0 Å². The van der Waals surface area contributed by atoms with Crippen LogP contribution in [-0.4, -0.2) is 43.2 Å². The van der Waals surface area contributed by atoms with Crippen LogP contribution in [0.15, 0.2) is 29.6 Å². The molecule has 1 aliphatic rings. The van der Waals surface area contributed by atoms with Gasteiger partial charge < -0.3 is 9.47 Å². The maximum Gasteiger partial charge on any atom is 0.443 e. The van der Waals surface area contributed by atoms with Gasteiger partial charge in [0.1, 0.15) is 11.9 Å². The average molecular weight is 386 g/mol. The molecule has 0 N–H and O–H groups in total. The fourth-order valence-electron chi connectivity index (χ4n) is 3.04. The Labute approximate surface area is 154 Å². The number of thiazole rings is 1. The van der Waals surface area contributed by atoms with Crippen molar-refractivity contribution in [3.8, 4) is 5.75 Å². The number of ether oxygens (including phenoxy) is 2. The van der Waals surface area contributed by atoms with Crippen LogP contribution in [0.5, 0.6) is 5.75 Å². The molecule has 0 amide bonds. The highest BCUT2D eigenvalue weighted by molar-refractivity contribution is 7.09. The second-order valence-electron chi connectivity index (χ2n) is 6.37. The van der Waals surface area contributed by atoms with Crippen molar-refractivity contribution in [2.75, 3.05) is 33.4 Å². The molecule has 1 aromatic heterocycles. The minimum atomic E-state index is -4.40. The molecule has 1 aromatic carbocycles. The van der Waals surface area contributed by atoms with E-state index >= 15 is 0 Å². The molecule has 26 heavy (non-hydrogen) atoms. The molecule has 0 aliphatic carbocycles. The molecular formula is C18H21F3N2O2S. The van der Waals surface area contributed by atoms with Gasteiger partial charge in [-0.15, -0.1) is 11.3 Å². The summed E-state index contributed by atoms with van der Waals surface area (Å²) in [5.74, 6) is 1.11. The fraction of sp³-hybridized carbons (Fsp3) is 0.500. The van der Waals surface area contributed by atoms with Crippen LogP contribution >= 0.6 is 11.3 Å². The molecule has 4 nitrogen and oxygen atoms in total. The Hall–Kier alpha value is -1.64. The van der Waals surface area contributed by atoms with Crippen molar-refractivity contribution >= 4 is 11.3 Å². The predicted molar refractivity (Wildman–Crippen MR) is 93.7 cm³/mol. The van der Waals surface area contributed by atoms with E-state index < -0.39 is 17.3 Å². The monoisotopic (exact) mass is 386 g/mol. The van der Waals surface area contributed by atoms with E-state index in [1.807, 2.05) is 24.3 Å². The third-order valence-electron chi connectivity index (χ3n) is 4.46. The SMILES string of the molecule is COc1ccc(C(C)CN2CCOC(c3csc(C(F)(F)F)n3)C2)cc1. The molecule has 0 saturated carbocycles. The van der Waals surface area contributed by atoms with Crippen LogP contribution in [-0.2, 0) is 10.9 Å². The Morgan fingerprint density at radius 2 is 2.08 bits per heavy atom. The van der Waals surface area contributed by atoms with E-state index in [1.165, 1.54) is 10.9 Å². The summed E-state index contributed by atoms with van der Waals surface area (Å²) in [6, 6.07) is 7.94. The van der Waals surface area contributed by atoms with Crippen molar-refractivity contribution in [2.45, 2.75) is 25.1 Å². The van der Waals surface area contributed by atoms with E-state index in [9.17, 15) is 13.2 Å². The van der Waals surface area contributed by atoms with Crippen LogP contribution < -0.4 is 4.74 Å². The molecule has 1 fully saturated rings. The maximum atomic E-state index is 12.7. The van der Waals surface area contributed by atoms with Gasteiger partial charge in [-0.2, -0.15) is 13.2 Å². The third-order valence-corrected chi connectivity index (χ3v) is 5.37. The molecule has 1 saturated heterocycles. The Kier molecular flexibility index (Phi) is 5.84. The standard InChI is InChI=1S/C18H21F3N2O2S/c1-12(13-3-5-14(24-2)6-4-13)9-23-7-8-25-16(10-23)15-11-26-17(22-15)18(19,20)21/h3-6,11-12,16H,7-10H2,1-2H3. The van der Waals surface area contributed by atoms with E-state index in [0.29, 0.717) is 36.1 Å². The molecule has 2 unspecified atom stereocenters. The Bertz CT molecular complexity index is 718. The molecule has 2 heterocycles. The first-order valence-corrected chi connectivity index (χ1v) is 9.25. The van der Waals surface area contributed by atoms with E-state index in [2.05, 4.69) is 16.8 Å². The molecule has 142 valence electrons. The summed E-state index contributed by atoms with van der Waals surface area (Å²) in [4.78, 5) is 5.94. The number of alkyl halides is 3. The number of benzene rings is 1. The van der Waals surface area contributed by atoms with Gasteiger partial charge in [-0.25, -0.2) is 4.98 Å². The lowest BCUT2D eigenvalue weighted by Gasteiger charge is -2.34. The summed E-state index contributed by atoms with van der Waals surface area (Å²) in [6.07, 6.45) is -4.82. The second kappa shape index (κ2) is 7.94. The number of halogens is 3. The number of hydrogen-bond donors (Lipinski definition) is 0. The highest BCUT2D eigenvalue weighted by Gasteiger charge is 2.36. The normalized spacial score (nSPS) is 20.1. The van der Waals surface area contributed by atoms with Gasteiger partial charge in [0.2, 0.25) is 0 Å². The van der Waals surface area contributed by atoms with Crippen LogP contribution in [0.2, 0.25) is 0 Å². The van der Waals surface area contributed by atoms with Gasteiger partial charge in [0.15, 0.2) is 5.01 Å². The van der Waals surface area contributed by atoms with Crippen molar-refractivity contribution in [2.24, 2.45) is 0 Å². The van der Waals surface area contributed by atoms with Gasteiger partial charge in [0.05, 0.1) is 19.4 Å². The van der Waals surface area contributed by atoms with Gasteiger partial charge in [0.25, 0.3) is 0 Å². The summed E-state index contributed by atoms with van der Waals surface area (Å²) in [7, 11) is 1.63. The van der Waals surface area contributed by atoms with Gasteiger partial charge in [-0.3, -0.25) is 4.90 Å². The molecule has 2 aromatic rings. The number of methoxy groups -OCH3 is 1. The third kappa shape index (κ3) is 4.55. The first-order chi connectivity index (χ1) is 12.4. The van der Waals surface area contributed by atoms with E-state index in [-0.39, 0.29) is 0 Å². The lowest BCUT2D eigenvalue weighted by Crippen LogP contribution is -2.40. The number of rotatable bonds is 5. The molecule has 0 bridgehead atoms. The van der Waals surface area contributed by atoms with Crippen molar-refractivity contribution in [1.82, 2.24) is 9.88 Å². The van der Waals surface area contributed by atoms with Gasteiger partial charge in [-0.05, 0) is 23.6 Å². The van der Waals surface area contributed by atoms with Crippen molar-refractivity contribution in [3.05, 3.63) is 45.9 Å². The zero-order valence-electron chi connectivity index (χ0n) is 14.6. The Morgan fingerprint density at radius 1 is 1.35 bits per heavy atom. The number of hydrogen-bond acceptors (Lipinski definition) is 5. The van der Waals surface area contributed by atoms with E-state index in [0.717, 1.165) is 18.8 Å². The van der Waals surface area contributed by atoms with Crippen LogP contribution in [0, 0.1) is 0 Å². The van der Waals surface area contributed by atoms with Crippen LogP contribution in [0.1, 0.15) is 35.2 Å². The first kappa shape index (κ1) is 19.1. The molecular weight excluding hydrogens is 365 g/mol. The quantitative estimate of drug-likeness (QED) is 0.765. The van der Waals surface area contributed by atoms with Crippen molar-refractivity contribution < 1.29 is 22.6 Å². The average Bonchev–Trinajstić information content (AvgIpc) is 3.12. The Morgan fingerprint density at radius 3 is 2.69 bits per heavy atom. The minimum absolute atomic E-state index is 0.292. The zero-order valence-corrected chi connectivity index (χ0v) is 15.4. The largest absolute Gasteiger partial charge is 0.497 e. The number of morpholine rings is 1. The smallest absolute Gasteiger partial charge is 0.443 e.